The highest BCUT2D eigenvalue weighted by atomic mass is 32.2. The number of nitrogens with zero attached hydrogens (tertiary/aromatic N) is 3. The largest absolute Gasteiger partial charge is 0.507 e. The van der Waals surface area contributed by atoms with E-state index >= 15 is 0 Å². The number of ketones is 1. The minimum atomic E-state index is -1.21. The second kappa shape index (κ2) is 13.3. The van der Waals surface area contributed by atoms with Gasteiger partial charge < -0.3 is 24.1 Å². The Labute approximate surface area is 277 Å². The molecule has 1 atom stereocenters. The molecule has 0 aliphatic carbocycles. The van der Waals surface area contributed by atoms with E-state index in [1.807, 2.05) is 36.4 Å². The molecule has 1 aliphatic rings. The molecule has 2 heterocycles. The van der Waals surface area contributed by atoms with Gasteiger partial charge in [-0.3, -0.25) is 14.5 Å². The summed E-state index contributed by atoms with van der Waals surface area (Å²) in [6.45, 7) is 0. The standard InChI is InChI=1S/C34H28FN3O7S2/c1-42-24-13-12-19(14-23(24)35)29(39)27-28(21-15-25(43-2)31(45-4)26(16-21)44-3)38(32(41)30(27)40)33-36-37-34(47-33)46-17-20-10-7-9-18-8-5-6-11-22(18)20/h5-16,28,39H,17H2,1-4H3. The van der Waals surface area contributed by atoms with Crippen molar-refractivity contribution in [2.75, 3.05) is 33.3 Å². The summed E-state index contributed by atoms with van der Waals surface area (Å²) < 4.78 is 36.8. The molecule has 1 N–H and O–H groups in total. The lowest BCUT2D eigenvalue weighted by atomic mass is 9.94. The smallest absolute Gasteiger partial charge is 0.301 e. The molecule has 0 bridgehead atoms. The van der Waals surface area contributed by atoms with Crippen molar-refractivity contribution in [3.05, 3.63) is 101 Å². The first-order valence-electron chi connectivity index (χ1n) is 14.2. The summed E-state index contributed by atoms with van der Waals surface area (Å²) in [5, 5.41) is 22.5. The average molecular weight is 674 g/mol. The lowest BCUT2D eigenvalue weighted by molar-refractivity contribution is -0.132. The Balaban J connectivity index is 1.44. The molecule has 1 saturated heterocycles. The number of benzene rings is 4. The minimum Gasteiger partial charge on any atom is -0.507 e. The Hall–Kier alpha value is -5.14. The van der Waals surface area contributed by atoms with Gasteiger partial charge in [-0.05, 0) is 52.2 Å². The van der Waals surface area contributed by atoms with Gasteiger partial charge in [-0.1, -0.05) is 65.6 Å². The molecule has 6 rings (SSSR count). The maximum absolute atomic E-state index is 14.7. The summed E-state index contributed by atoms with van der Waals surface area (Å²) in [6, 6.07) is 19.8. The van der Waals surface area contributed by atoms with Crippen molar-refractivity contribution in [1.82, 2.24) is 10.2 Å². The number of hydrogen-bond donors (Lipinski definition) is 1. The fraction of sp³-hybridized carbons (Fsp3) is 0.176. The fourth-order valence-electron chi connectivity index (χ4n) is 5.49. The van der Waals surface area contributed by atoms with Crippen LogP contribution < -0.4 is 23.8 Å². The van der Waals surface area contributed by atoms with Crippen molar-refractivity contribution in [3.8, 4) is 23.0 Å². The van der Waals surface area contributed by atoms with E-state index in [0.717, 1.165) is 33.7 Å². The van der Waals surface area contributed by atoms with E-state index in [1.54, 1.807) is 12.1 Å². The fourth-order valence-corrected chi connectivity index (χ4v) is 7.36. The number of carbonyl (C=O) groups excluding carboxylic acids is 2. The van der Waals surface area contributed by atoms with Crippen LogP contribution in [0.25, 0.3) is 16.5 Å². The number of carbonyl (C=O) groups is 2. The topological polar surface area (TPSA) is 120 Å². The summed E-state index contributed by atoms with van der Waals surface area (Å²) in [7, 11) is 5.62. The van der Waals surface area contributed by atoms with Crippen LogP contribution in [-0.4, -0.2) is 55.4 Å². The van der Waals surface area contributed by atoms with Crippen LogP contribution in [0.2, 0.25) is 0 Å². The van der Waals surface area contributed by atoms with Crippen LogP contribution in [0, 0.1) is 5.82 Å². The summed E-state index contributed by atoms with van der Waals surface area (Å²) in [5.41, 5.74) is 1.14. The Morgan fingerprint density at radius 1 is 0.894 bits per heavy atom. The van der Waals surface area contributed by atoms with Gasteiger partial charge in [0.05, 0.1) is 40.1 Å². The zero-order chi connectivity index (χ0) is 33.2. The molecule has 0 spiro atoms. The number of methoxy groups -OCH3 is 4. The Bertz CT molecular complexity index is 2020. The van der Waals surface area contributed by atoms with Crippen LogP contribution in [0.15, 0.2) is 82.7 Å². The SMILES string of the molecule is COc1ccc(C(O)=C2C(=O)C(=O)N(c3nnc(SCc4cccc5ccccc45)s3)C2c2cc(OC)c(OC)c(OC)c2)cc1F. The lowest BCUT2D eigenvalue weighted by Crippen LogP contribution is -2.29. The van der Waals surface area contributed by atoms with Crippen molar-refractivity contribution >= 4 is 56.5 Å². The van der Waals surface area contributed by atoms with E-state index in [9.17, 15) is 19.1 Å². The van der Waals surface area contributed by atoms with E-state index in [4.69, 9.17) is 18.9 Å². The van der Waals surface area contributed by atoms with Crippen LogP contribution in [0.1, 0.15) is 22.7 Å². The maximum atomic E-state index is 14.7. The number of aliphatic hydroxyl groups excluding tert-OH is 1. The number of aromatic nitrogens is 2. The van der Waals surface area contributed by atoms with Gasteiger partial charge in [-0.2, -0.15) is 0 Å². The zero-order valence-corrected chi connectivity index (χ0v) is 27.3. The van der Waals surface area contributed by atoms with Crippen molar-refractivity contribution < 1.29 is 38.0 Å². The number of Topliss-reactive ketones (excluding diaryl/α,β-unsaturated/α-hetero) is 1. The Morgan fingerprint density at radius 3 is 2.28 bits per heavy atom. The quantitative estimate of drug-likeness (QED) is 0.0558. The van der Waals surface area contributed by atoms with Gasteiger partial charge in [0.1, 0.15) is 5.76 Å². The van der Waals surface area contributed by atoms with E-state index < -0.39 is 29.3 Å². The maximum Gasteiger partial charge on any atom is 0.301 e. The van der Waals surface area contributed by atoms with Crippen LogP contribution in [0.5, 0.6) is 23.0 Å². The van der Waals surface area contributed by atoms with Crippen molar-refractivity contribution in [2.24, 2.45) is 0 Å². The number of halogens is 1. The van der Waals surface area contributed by atoms with E-state index in [2.05, 4.69) is 16.3 Å². The average Bonchev–Trinajstić information content (AvgIpc) is 3.67. The molecule has 47 heavy (non-hydrogen) atoms. The van der Waals surface area contributed by atoms with E-state index in [1.165, 1.54) is 57.2 Å². The van der Waals surface area contributed by atoms with Gasteiger partial charge in [-0.15, -0.1) is 10.2 Å². The number of fused-ring (bicyclic) bond motifs is 1. The number of hydrogen-bond acceptors (Lipinski definition) is 11. The summed E-state index contributed by atoms with van der Waals surface area (Å²) in [6.07, 6.45) is 0. The first kappa shape index (κ1) is 31.8. The first-order valence-corrected chi connectivity index (χ1v) is 16.0. The molecular weight excluding hydrogens is 646 g/mol. The molecule has 0 radical (unpaired) electrons. The van der Waals surface area contributed by atoms with Gasteiger partial charge in [0.25, 0.3) is 5.78 Å². The zero-order valence-electron chi connectivity index (χ0n) is 25.6. The third-order valence-electron chi connectivity index (χ3n) is 7.71. The highest BCUT2D eigenvalue weighted by Crippen LogP contribution is 2.48. The van der Waals surface area contributed by atoms with Crippen LogP contribution in [0.4, 0.5) is 9.52 Å². The van der Waals surface area contributed by atoms with Crippen LogP contribution >= 0.6 is 23.1 Å². The summed E-state index contributed by atoms with van der Waals surface area (Å²) >= 11 is 2.57. The van der Waals surface area contributed by atoms with Crippen molar-refractivity contribution in [3.63, 3.8) is 0 Å². The molecule has 10 nitrogen and oxygen atoms in total. The lowest BCUT2D eigenvalue weighted by Gasteiger charge is -2.24. The second-order valence-electron chi connectivity index (χ2n) is 10.3. The Kier molecular flexibility index (Phi) is 9.01. The minimum absolute atomic E-state index is 0.0256. The number of rotatable bonds is 10. The molecule has 1 unspecified atom stereocenters. The predicted octanol–water partition coefficient (Wildman–Crippen LogP) is 6.78. The highest BCUT2D eigenvalue weighted by Gasteiger charge is 2.49. The monoisotopic (exact) mass is 673 g/mol. The molecule has 13 heteroatoms. The molecule has 1 amide bonds. The van der Waals surface area contributed by atoms with Crippen molar-refractivity contribution in [1.29, 1.82) is 0 Å². The molecule has 240 valence electrons. The van der Waals surface area contributed by atoms with Crippen molar-refractivity contribution in [2.45, 2.75) is 16.1 Å². The van der Waals surface area contributed by atoms with Gasteiger partial charge in [0.2, 0.25) is 10.9 Å². The third-order valence-corrected chi connectivity index (χ3v) is 9.81. The molecule has 0 saturated carbocycles. The molecule has 1 aromatic heterocycles. The van der Waals surface area contributed by atoms with Gasteiger partial charge in [0, 0.05) is 11.3 Å². The number of aliphatic hydroxyl groups is 1. The highest BCUT2D eigenvalue weighted by molar-refractivity contribution is 8.00. The van der Waals surface area contributed by atoms with Crippen LogP contribution in [-0.2, 0) is 15.3 Å². The molecule has 4 aromatic carbocycles. The third kappa shape index (κ3) is 5.83. The number of amides is 1. The predicted molar refractivity (Wildman–Crippen MR) is 177 cm³/mol. The van der Waals surface area contributed by atoms with Gasteiger partial charge >= 0.3 is 5.91 Å². The van der Waals surface area contributed by atoms with Gasteiger partial charge in [0.15, 0.2) is 27.4 Å². The van der Waals surface area contributed by atoms with E-state index in [-0.39, 0.29) is 39.3 Å². The number of anilines is 1. The number of ether oxygens (including phenoxy) is 4. The van der Waals surface area contributed by atoms with Crippen LogP contribution in [0.3, 0.4) is 0 Å². The molecule has 5 aromatic rings. The molecular formula is C34H28FN3O7S2. The second-order valence-corrected chi connectivity index (χ2v) is 12.4. The first-order chi connectivity index (χ1) is 22.8. The summed E-state index contributed by atoms with van der Waals surface area (Å²) in [5.74, 6) is -1.93. The normalized spacial score (nSPS) is 15.7. The Morgan fingerprint density at radius 2 is 1.60 bits per heavy atom. The van der Waals surface area contributed by atoms with Gasteiger partial charge in [-0.25, -0.2) is 4.39 Å². The molecule has 1 fully saturated rings. The number of thioether (sulfide) groups is 1. The van der Waals surface area contributed by atoms with E-state index in [0.29, 0.717) is 15.7 Å². The molecule has 1 aliphatic heterocycles. The summed E-state index contributed by atoms with van der Waals surface area (Å²) in [4.78, 5) is 28.6.